The smallest absolute Gasteiger partial charge is 0.338 e. The number of anilines is 1. The molecule has 2 unspecified atom stereocenters. The molecule has 0 fully saturated rings. The summed E-state index contributed by atoms with van der Waals surface area (Å²) in [5, 5.41) is 2.87. The Kier molecular flexibility index (Phi) is 8.71. The van der Waals surface area contributed by atoms with Gasteiger partial charge in [-0.2, -0.15) is 0 Å². The molecule has 2 atom stereocenters. The number of nitrogens with one attached hydrogen (secondary N) is 1. The highest BCUT2D eigenvalue weighted by atomic mass is 16.5. The first kappa shape index (κ1) is 22.5. The minimum atomic E-state index is -0.602. The topological polar surface area (TPSA) is 64.6 Å². The predicted molar refractivity (Wildman–Crippen MR) is 116 cm³/mol. The quantitative estimate of drug-likeness (QED) is 0.533. The molecule has 156 valence electrons. The fourth-order valence-corrected chi connectivity index (χ4v) is 2.88. The number of para-hydroxylation sites is 1. The number of hydrogen-bond donors (Lipinski definition) is 1. The third-order valence-electron chi connectivity index (χ3n) is 4.82. The van der Waals surface area contributed by atoms with E-state index in [0.717, 1.165) is 24.2 Å². The van der Waals surface area contributed by atoms with Crippen LogP contribution < -0.4 is 10.1 Å². The van der Waals surface area contributed by atoms with Crippen molar-refractivity contribution in [3.63, 3.8) is 0 Å². The van der Waals surface area contributed by atoms with Crippen molar-refractivity contribution in [2.24, 2.45) is 0 Å². The first-order valence-corrected chi connectivity index (χ1v) is 10.3. The van der Waals surface area contributed by atoms with Gasteiger partial charge in [-0.15, -0.1) is 0 Å². The average molecular weight is 398 g/mol. The van der Waals surface area contributed by atoms with Gasteiger partial charge >= 0.3 is 5.97 Å². The largest absolute Gasteiger partial charge is 0.480 e. The lowest BCUT2D eigenvalue weighted by molar-refractivity contribution is -0.122. The van der Waals surface area contributed by atoms with Crippen LogP contribution >= 0.6 is 0 Å². The van der Waals surface area contributed by atoms with Crippen molar-refractivity contribution in [1.29, 1.82) is 0 Å². The second-order valence-electron chi connectivity index (χ2n) is 7.06. The van der Waals surface area contributed by atoms with E-state index in [2.05, 4.69) is 19.2 Å². The molecule has 0 spiro atoms. The molecule has 5 heteroatoms. The summed E-state index contributed by atoms with van der Waals surface area (Å²) in [5.41, 5.74) is 2.18. The zero-order valence-electron chi connectivity index (χ0n) is 17.7. The van der Waals surface area contributed by atoms with Crippen LogP contribution in [0.5, 0.6) is 5.75 Å². The van der Waals surface area contributed by atoms with Crippen LogP contribution in [0.4, 0.5) is 5.69 Å². The van der Waals surface area contributed by atoms with Gasteiger partial charge in [-0.25, -0.2) is 4.79 Å². The maximum atomic E-state index is 12.7. The fraction of sp³-hybridized carbons (Fsp3) is 0.417. The van der Waals surface area contributed by atoms with Crippen molar-refractivity contribution in [2.75, 3.05) is 11.9 Å². The number of benzene rings is 2. The predicted octanol–water partition coefficient (Wildman–Crippen LogP) is 5.56. The molecule has 2 aromatic carbocycles. The first-order chi connectivity index (χ1) is 14.0. The first-order valence-electron chi connectivity index (χ1n) is 10.3. The van der Waals surface area contributed by atoms with Crippen molar-refractivity contribution < 1.29 is 19.1 Å². The molecule has 0 radical (unpaired) electrons. The molecular weight excluding hydrogens is 366 g/mol. The van der Waals surface area contributed by atoms with Crippen LogP contribution in [0.2, 0.25) is 0 Å². The maximum Gasteiger partial charge on any atom is 0.338 e. The molecule has 5 nitrogen and oxygen atoms in total. The number of ether oxygens (including phenoxy) is 2. The van der Waals surface area contributed by atoms with Crippen LogP contribution in [-0.2, 0) is 9.53 Å². The summed E-state index contributed by atoms with van der Waals surface area (Å²) in [6, 6.07) is 14.5. The van der Waals surface area contributed by atoms with Gasteiger partial charge < -0.3 is 14.8 Å². The molecule has 0 bridgehead atoms. The normalized spacial score (nSPS) is 12.7. The Bertz CT molecular complexity index is 801. The fourth-order valence-electron chi connectivity index (χ4n) is 2.88. The van der Waals surface area contributed by atoms with Gasteiger partial charge in [0.1, 0.15) is 5.75 Å². The highest BCUT2D eigenvalue weighted by Gasteiger charge is 2.21. The van der Waals surface area contributed by atoms with Crippen LogP contribution in [0.25, 0.3) is 0 Å². The number of amides is 1. The molecule has 29 heavy (non-hydrogen) atoms. The average Bonchev–Trinajstić information content (AvgIpc) is 2.75. The Hall–Kier alpha value is -2.82. The van der Waals surface area contributed by atoms with Gasteiger partial charge in [-0.1, -0.05) is 45.9 Å². The van der Waals surface area contributed by atoms with Crippen molar-refractivity contribution >= 4 is 17.6 Å². The third kappa shape index (κ3) is 6.34. The Morgan fingerprint density at radius 3 is 2.28 bits per heavy atom. The molecule has 2 aromatic rings. The molecule has 0 heterocycles. The van der Waals surface area contributed by atoms with Gasteiger partial charge in [-0.3, -0.25) is 4.79 Å². The van der Waals surface area contributed by atoms with Gasteiger partial charge in [0.15, 0.2) is 6.10 Å². The number of carbonyl (C=O) groups excluding carboxylic acids is 2. The van der Waals surface area contributed by atoms with Gasteiger partial charge in [0.2, 0.25) is 0 Å². The summed E-state index contributed by atoms with van der Waals surface area (Å²) >= 11 is 0. The molecule has 1 amide bonds. The minimum Gasteiger partial charge on any atom is -0.480 e. The van der Waals surface area contributed by atoms with Crippen molar-refractivity contribution in [3.8, 4) is 5.75 Å². The maximum absolute atomic E-state index is 12.7. The van der Waals surface area contributed by atoms with Crippen LogP contribution in [-0.4, -0.2) is 24.6 Å². The molecule has 0 aliphatic rings. The van der Waals surface area contributed by atoms with Crippen LogP contribution in [0.3, 0.4) is 0 Å². The van der Waals surface area contributed by atoms with E-state index in [1.54, 1.807) is 24.3 Å². The summed E-state index contributed by atoms with van der Waals surface area (Å²) in [6.07, 6.45) is 1.71. The lowest BCUT2D eigenvalue weighted by Gasteiger charge is -2.21. The Labute approximate surface area is 173 Å². The van der Waals surface area contributed by atoms with E-state index in [-0.39, 0.29) is 11.9 Å². The zero-order chi connectivity index (χ0) is 21.2. The number of carbonyl (C=O) groups is 2. The van der Waals surface area contributed by atoms with Crippen LogP contribution in [0.1, 0.15) is 68.8 Å². The van der Waals surface area contributed by atoms with E-state index >= 15 is 0 Å². The summed E-state index contributed by atoms with van der Waals surface area (Å²) in [7, 11) is 0. The monoisotopic (exact) mass is 397 g/mol. The van der Waals surface area contributed by atoms with E-state index in [9.17, 15) is 9.59 Å². The third-order valence-corrected chi connectivity index (χ3v) is 4.82. The zero-order valence-corrected chi connectivity index (χ0v) is 17.7. The number of esters is 1. The molecule has 0 saturated carbocycles. The lowest BCUT2D eigenvalue weighted by atomic mass is 9.98. The molecule has 0 aromatic heterocycles. The number of hydrogen-bond acceptors (Lipinski definition) is 4. The standard InChI is InChI=1S/C24H31NO4/c1-5-16-28-24(27)18-12-14-19(15-13-18)25-23(26)21(7-3)29-22-11-9-8-10-20(22)17(4)6-2/h8-15,17,21H,5-7,16H2,1-4H3,(H,25,26). The number of rotatable bonds is 10. The SMILES string of the molecule is CCCOC(=O)c1ccc(NC(=O)C(CC)Oc2ccccc2C(C)CC)cc1. The summed E-state index contributed by atoms with van der Waals surface area (Å²) in [5.74, 6) is 0.526. The van der Waals surface area contributed by atoms with E-state index in [0.29, 0.717) is 30.2 Å². The Morgan fingerprint density at radius 2 is 1.66 bits per heavy atom. The van der Waals surface area contributed by atoms with Gasteiger partial charge in [0.25, 0.3) is 5.91 Å². The minimum absolute atomic E-state index is 0.215. The van der Waals surface area contributed by atoms with E-state index in [4.69, 9.17) is 9.47 Å². The van der Waals surface area contributed by atoms with Crippen molar-refractivity contribution in [1.82, 2.24) is 0 Å². The molecule has 0 saturated heterocycles. The highest BCUT2D eigenvalue weighted by molar-refractivity contribution is 5.95. The van der Waals surface area contributed by atoms with Crippen LogP contribution in [0, 0.1) is 0 Å². The van der Waals surface area contributed by atoms with Crippen molar-refractivity contribution in [3.05, 3.63) is 59.7 Å². The van der Waals surface area contributed by atoms with Crippen molar-refractivity contribution in [2.45, 2.75) is 59.0 Å². The van der Waals surface area contributed by atoms with E-state index in [1.165, 1.54) is 0 Å². The molecule has 0 aliphatic carbocycles. The molecular formula is C24H31NO4. The van der Waals surface area contributed by atoms with Gasteiger partial charge in [0, 0.05) is 5.69 Å². The lowest BCUT2D eigenvalue weighted by Crippen LogP contribution is -2.32. The second kappa shape index (κ2) is 11.2. The van der Waals surface area contributed by atoms with Crippen LogP contribution in [0.15, 0.2) is 48.5 Å². The summed E-state index contributed by atoms with van der Waals surface area (Å²) < 4.78 is 11.2. The van der Waals surface area contributed by atoms with E-state index in [1.807, 2.05) is 38.1 Å². The molecule has 2 rings (SSSR count). The summed E-state index contributed by atoms with van der Waals surface area (Å²) in [6.45, 7) is 8.54. The van der Waals surface area contributed by atoms with Gasteiger partial charge in [0.05, 0.1) is 12.2 Å². The van der Waals surface area contributed by atoms with E-state index < -0.39 is 6.10 Å². The highest BCUT2D eigenvalue weighted by Crippen LogP contribution is 2.29. The van der Waals surface area contributed by atoms with Gasteiger partial charge in [-0.05, 0) is 61.1 Å². The molecule has 1 N–H and O–H groups in total. The summed E-state index contributed by atoms with van der Waals surface area (Å²) in [4.78, 5) is 24.6. The second-order valence-corrected chi connectivity index (χ2v) is 7.06. The Morgan fingerprint density at radius 1 is 0.966 bits per heavy atom. The Balaban J connectivity index is 2.04. The molecule has 0 aliphatic heterocycles.